The first-order valence-electron chi connectivity index (χ1n) is 9.80. The van der Waals surface area contributed by atoms with E-state index in [1.54, 1.807) is 19.1 Å². The van der Waals surface area contributed by atoms with Gasteiger partial charge >= 0.3 is 6.18 Å². The molecule has 0 saturated heterocycles. The lowest BCUT2D eigenvalue weighted by Gasteiger charge is -2.15. The summed E-state index contributed by atoms with van der Waals surface area (Å²) < 4.78 is 66.0. The number of pyridine rings is 1. The molecule has 0 fully saturated rings. The van der Waals surface area contributed by atoms with Crippen LogP contribution < -0.4 is 10.9 Å². The monoisotopic (exact) mass is 478 g/mol. The SMILES string of the molecule is Cc1ccc(S(=O)(=O)c2c(C)cc(C)n(CC(=O)Nc3cccc(C(F)(F)F)c3)c2=O)cc1. The number of aromatic nitrogens is 1. The number of anilines is 1. The van der Waals surface area contributed by atoms with Crippen molar-refractivity contribution in [1.29, 1.82) is 0 Å². The molecule has 0 atom stereocenters. The van der Waals surface area contributed by atoms with E-state index in [0.717, 1.165) is 28.3 Å². The number of aryl methyl sites for hydroxylation is 3. The van der Waals surface area contributed by atoms with Gasteiger partial charge in [0.2, 0.25) is 15.7 Å². The summed E-state index contributed by atoms with van der Waals surface area (Å²) in [6.45, 7) is 4.25. The molecule has 0 radical (unpaired) electrons. The number of nitrogens with one attached hydrogen (secondary N) is 1. The van der Waals surface area contributed by atoms with Gasteiger partial charge in [-0.2, -0.15) is 13.2 Å². The molecule has 0 unspecified atom stereocenters. The molecular weight excluding hydrogens is 457 g/mol. The highest BCUT2D eigenvalue weighted by atomic mass is 32.2. The second-order valence-corrected chi connectivity index (χ2v) is 9.52. The number of benzene rings is 2. The van der Waals surface area contributed by atoms with Gasteiger partial charge in [0.1, 0.15) is 11.4 Å². The molecule has 3 aromatic rings. The van der Waals surface area contributed by atoms with Gasteiger partial charge in [-0.25, -0.2) is 8.42 Å². The maximum absolute atomic E-state index is 13.1. The van der Waals surface area contributed by atoms with E-state index in [1.165, 1.54) is 38.1 Å². The Bertz CT molecular complexity index is 1380. The normalized spacial score (nSPS) is 11.9. The zero-order valence-electron chi connectivity index (χ0n) is 18.0. The topological polar surface area (TPSA) is 85.2 Å². The highest BCUT2D eigenvalue weighted by Gasteiger charge is 2.30. The highest BCUT2D eigenvalue weighted by molar-refractivity contribution is 7.91. The van der Waals surface area contributed by atoms with Crippen molar-refractivity contribution in [2.45, 2.75) is 43.3 Å². The Balaban J connectivity index is 1.96. The Hall–Kier alpha value is -3.40. The lowest BCUT2D eigenvalue weighted by atomic mass is 10.2. The smallest absolute Gasteiger partial charge is 0.325 e. The molecule has 1 heterocycles. The van der Waals surface area contributed by atoms with Crippen LogP contribution in [0.2, 0.25) is 0 Å². The fourth-order valence-electron chi connectivity index (χ4n) is 3.38. The van der Waals surface area contributed by atoms with Crippen molar-refractivity contribution in [2.24, 2.45) is 0 Å². The van der Waals surface area contributed by atoms with Gasteiger partial charge in [-0.3, -0.25) is 9.59 Å². The molecule has 1 amide bonds. The maximum Gasteiger partial charge on any atom is 0.416 e. The van der Waals surface area contributed by atoms with Gasteiger partial charge in [-0.05, 0) is 62.7 Å². The minimum absolute atomic E-state index is 0.0582. The zero-order valence-corrected chi connectivity index (χ0v) is 18.8. The van der Waals surface area contributed by atoms with Crippen molar-refractivity contribution < 1.29 is 26.4 Å². The number of amides is 1. The zero-order chi connectivity index (χ0) is 24.6. The van der Waals surface area contributed by atoms with E-state index in [1.807, 2.05) is 0 Å². The van der Waals surface area contributed by atoms with E-state index in [2.05, 4.69) is 5.32 Å². The molecule has 0 aliphatic heterocycles. The van der Waals surface area contributed by atoms with Crippen molar-refractivity contribution in [3.05, 3.63) is 87.3 Å². The molecule has 174 valence electrons. The summed E-state index contributed by atoms with van der Waals surface area (Å²) in [5.74, 6) is -0.776. The Labute approximate surface area is 188 Å². The second kappa shape index (κ2) is 8.86. The molecular formula is C23H21F3N2O4S. The maximum atomic E-state index is 13.1. The number of sulfone groups is 1. The third-order valence-electron chi connectivity index (χ3n) is 5.02. The fraction of sp³-hybridized carbons (Fsp3) is 0.217. The molecule has 0 saturated carbocycles. The van der Waals surface area contributed by atoms with Gasteiger partial charge in [0, 0.05) is 11.4 Å². The standard InChI is InChI=1S/C23H21F3N2O4S/c1-14-7-9-19(10-8-14)33(31,32)21-15(2)11-16(3)28(22(21)30)13-20(29)27-18-6-4-5-17(12-18)23(24,25)26/h4-12H,13H2,1-3H3,(H,27,29). The van der Waals surface area contributed by atoms with E-state index in [4.69, 9.17) is 0 Å². The molecule has 0 spiro atoms. The molecule has 2 aromatic carbocycles. The second-order valence-electron chi connectivity index (χ2n) is 7.63. The van der Waals surface area contributed by atoms with Crippen molar-refractivity contribution in [3.63, 3.8) is 0 Å². The highest BCUT2D eigenvalue weighted by Crippen LogP contribution is 2.30. The van der Waals surface area contributed by atoms with Crippen LogP contribution in [0.1, 0.15) is 22.4 Å². The number of alkyl halides is 3. The average molecular weight is 478 g/mol. The lowest BCUT2D eigenvalue weighted by molar-refractivity contribution is -0.137. The van der Waals surface area contributed by atoms with Crippen LogP contribution in [0.3, 0.4) is 0 Å². The van der Waals surface area contributed by atoms with Crippen molar-refractivity contribution in [1.82, 2.24) is 4.57 Å². The first-order valence-corrected chi connectivity index (χ1v) is 11.3. The molecule has 3 rings (SSSR count). The molecule has 1 aromatic heterocycles. The van der Waals surface area contributed by atoms with E-state index in [9.17, 15) is 31.2 Å². The Kier molecular flexibility index (Phi) is 6.51. The Morgan fingerprint density at radius 2 is 1.64 bits per heavy atom. The van der Waals surface area contributed by atoms with Crippen molar-refractivity contribution in [3.8, 4) is 0 Å². The van der Waals surface area contributed by atoms with E-state index in [-0.39, 0.29) is 16.1 Å². The average Bonchev–Trinajstić information content (AvgIpc) is 2.70. The predicted molar refractivity (Wildman–Crippen MR) is 117 cm³/mol. The molecule has 0 aliphatic rings. The molecule has 33 heavy (non-hydrogen) atoms. The first-order chi connectivity index (χ1) is 15.3. The molecule has 10 heteroatoms. The quantitative estimate of drug-likeness (QED) is 0.594. The van der Waals surface area contributed by atoms with E-state index in [0.29, 0.717) is 5.69 Å². The number of carbonyl (C=O) groups excluding carboxylic acids is 1. The number of rotatable bonds is 5. The van der Waals surface area contributed by atoms with Crippen LogP contribution in [0.4, 0.5) is 18.9 Å². The van der Waals surface area contributed by atoms with Gasteiger partial charge in [0.25, 0.3) is 5.56 Å². The van der Waals surface area contributed by atoms with Crippen LogP contribution in [0.25, 0.3) is 0 Å². The number of hydrogen-bond donors (Lipinski definition) is 1. The minimum Gasteiger partial charge on any atom is -0.325 e. The number of halogens is 3. The van der Waals surface area contributed by atoms with Gasteiger partial charge < -0.3 is 9.88 Å². The Morgan fingerprint density at radius 1 is 1.00 bits per heavy atom. The van der Waals surface area contributed by atoms with Crippen LogP contribution in [-0.2, 0) is 27.4 Å². The van der Waals surface area contributed by atoms with Crippen LogP contribution >= 0.6 is 0 Å². The number of hydrogen-bond acceptors (Lipinski definition) is 4. The lowest BCUT2D eigenvalue weighted by Crippen LogP contribution is -2.33. The summed E-state index contributed by atoms with van der Waals surface area (Å²) in [5, 5.41) is 2.32. The summed E-state index contributed by atoms with van der Waals surface area (Å²) in [4.78, 5) is 25.1. The molecule has 1 N–H and O–H groups in total. The van der Waals surface area contributed by atoms with Crippen LogP contribution in [0.15, 0.2) is 69.2 Å². The molecule has 0 aliphatic carbocycles. The van der Waals surface area contributed by atoms with Crippen LogP contribution in [0, 0.1) is 20.8 Å². The van der Waals surface area contributed by atoms with Gasteiger partial charge in [-0.15, -0.1) is 0 Å². The molecule has 6 nitrogen and oxygen atoms in total. The van der Waals surface area contributed by atoms with Crippen molar-refractivity contribution in [2.75, 3.05) is 5.32 Å². The summed E-state index contributed by atoms with van der Waals surface area (Å²) >= 11 is 0. The van der Waals surface area contributed by atoms with Gasteiger partial charge in [0.05, 0.1) is 10.5 Å². The number of carbonyl (C=O) groups is 1. The van der Waals surface area contributed by atoms with Gasteiger partial charge in [0.15, 0.2) is 0 Å². The fourth-order valence-corrected chi connectivity index (χ4v) is 4.94. The largest absolute Gasteiger partial charge is 0.416 e. The number of nitrogens with zero attached hydrogens (tertiary/aromatic N) is 1. The van der Waals surface area contributed by atoms with E-state index >= 15 is 0 Å². The van der Waals surface area contributed by atoms with Gasteiger partial charge in [-0.1, -0.05) is 23.8 Å². The summed E-state index contributed by atoms with van der Waals surface area (Å²) in [6.07, 6.45) is -4.58. The predicted octanol–water partition coefficient (Wildman–Crippen LogP) is 4.26. The third kappa shape index (κ3) is 5.16. The van der Waals surface area contributed by atoms with Crippen LogP contribution in [0.5, 0.6) is 0 Å². The molecule has 0 bridgehead atoms. The summed E-state index contributed by atoms with van der Waals surface area (Å²) in [5.41, 5.74) is -0.506. The first kappa shape index (κ1) is 24.2. The summed E-state index contributed by atoms with van der Waals surface area (Å²) in [6, 6.07) is 11.6. The Morgan fingerprint density at radius 3 is 2.24 bits per heavy atom. The van der Waals surface area contributed by atoms with Crippen LogP contribution in [-0.4, -0.2) is 18.9 Å². The summed E-state index contributed by atoms with van der Waals surface area (Å²) in [7, 11) is -4.16. The minimum atomic E-state index is -4.58. The van der Waals surface area contributed by atoms with E-state index < -0.39 is 44.5 Å². The third-order valence-corrected chi connectivity index (χ3v) is 6.95. The van der Waals surface area contributed by atoms with Crippen molar-refractivity contribution >= 4 is 21.4 Å².